The van der Waals surface area contributed by atoms with E-state index in [4.69, 9.17) is 0 Å². The summed E-state index contributed by atoms with van der Waals surface area (Å²) >= 11 is 1.13. The highest BCUT2D eigenvalue weighted by molar-refractivity contribution is 8.00. The third kappa shape index (κ3) is 2.69. The monoisotopic (exact) mass is 320 g/mol. The molecule has 0 saturated heterocycles. The molecule has 2 aromatic heterocycles. The van der Waals surface area contributed by atoms with E-state index >= 15 is 0 Å². The number of aromatic nitrogens is 4. The van der Waals surface area contributed by atoms with Gasteiger partial charge < -0.3 is 4.98 Å². The molecule has 0 bridgehead atoms. The smallest absolute Gasteiger partial charge is 0.181 e. The van der Waals surface area contributed by atoms with Gasteiger partial charge in [0, 0.05) is 0 Å². The molecule has 0 unspecified atom stereocenters. The normalized spacial score (nSPS) is 12.5. The van der Waals surface area contributed by atoms with E-state index in [2.05, 4.69) is 19.9 Å². The van der Waals surface area contributed by atoms with Crippen LogP contribution in [0.15, 0.2) is 35.9 Å². The van der Waals surface area contributed by atoms with Gasteiger partial charge in [-0.15, -0.1) is 0 Å². The van der Waals surface area contributed by atoms with E-state index in [1.165, 1.54) is 12.7 Å². The Hall–Kier alpha value is -2.35. The van der Waals surface area contributed by atoms with Gasteiger partial charge in [-0.2, -0.15) is 0 Å². The van der Waals surface area contributed by atoms with Crippen molar-refractivity contribution in [3.8, 4) is 0 Å². The van der Waals surface area contributed by atoms with Crippen molar-refractivity contribution >= 4 is 28.7 Å². The zero-order valence-corrected chi connectivity index (χ0v) is 12.2. The van der Waals surface area contributed by atoms with Crippen LogP contribution in [0, 0.1) is 11.6 Å². The van der Waals surface area contributed by atoms with E-state index < -0.39 is 22.7 Å². The van der Waals surface area contributed by atoms with Crippen molar-refractivity contribution in [2.45, 2.75) is 17.2 Å². The highest BCUT2D eigenvalue weighted by Gasteiger charge is 2.22. The lowest BCUT2D eigenvalue weighted by Crippen LogP contribution is -2.15. The Morgan fingerprint density at radius 2 is 2.09 bits per heavy atom. The molecule has 5 nitrogen and oxygen atoms in total. The van der Waals surface area contributed by atoms with Crippen LogP contribution in [-0.2, 0) is 0 Å². The summed E-state index contributed by atoms with van der Waals surface area (Å²) in [5.41, 5.74) is 0.816. The standard InChI is InChI=1S/C14H10F2N4OS/c1-7(12(21)9-4-8(15)2-3-10(9)16)22-14-11-13(18-5-17-11)19-6-20-14/h2-7H,1H3,(H,17,18,19,20)/t7-/m1/s1. The van der Waals surface area contributed by atoms with Crippen LogP contribution in [0.2, 0.25) is 0 Å². The maximum Gasteiger partial charge on any atom is 0.181 e. The predicted octanol–water partition coefficient (Wildman–Crippen LogP) is 2.99. The molecule has 0 aliphatic heterocycles. The summed E-state index contributed by atoms with van der Waals surface area (Å²) < 4.78 is 26.9. The molecule has 0 aliphatic rings. The van der Waals surface area contributed by atoms with Gasteiger partial charge in [0.1, 0.15) is 28.5 Å². The Bertz CT molecular complexity index is 852. The van der Waals surface area contributed by atoms with Crippen molar-refractivity contribution in [2.75, 3.05) is 0 Å². The van der Waals surface area contributed by atoms with E-state index in [-0.39, 0.29) is 5.56 Å². The van der Waals surface area contributed by atoms with E-state index in [0.29, 0.717) is 16.2 Å². The van der Waals surface area contributed by atoms with Gasteiger partial charge in [-0.1, -0.05) is 11.8 Å². The van der Waals surface area contributed by atoms with Crippen LogP contribution < -0.4 is 0 Å². The number of fused-ring (bicyclic) bond motifs is 1. The predicted molar refractivity (Wildman–Crippen MR) is 77.7 cm³/mol. The van der Waals surface area contributed by atoms with E-state index in [9.17, 15) is 13.6 Å². The van der Waals surface area contributed by atoms with Crippen LogP contribution in [0.4, 0.5) is 8.78 Å². The van der Waals surface area contributed by atoms with Crippen LogP contribution in [-0.4, -0.2) is 31.0 Å². The number of aromatic amines is 1. The number of nitrogens with zero attached hydrogens (tertiary/aromatic N) is 3. The van der Waals surface area contributed by atoms with Crippen LogP contribution in [0.5, 0.6) is 0 Å². The molecule has 1 N–H and O–H groups in total. The molecule has 0 fully saturated rings. The molecule has 1 aromatic carbocycles. The lowest BCUT2D eigenvalue weighted by molar-refractivity contribution is 0.0989. The minimum absolute atomic E-state index is 0.269. The fourth-order valence-electron chi connectivity index (χ4n) is 1.96. The maximum absolute atomic E-state index is 13.7. The Labute approximate surface area is 128 Å². The first-order valence-electron chi connectivity index (χ1n) is 6.36. The molecule has 22 heavy (non-hydrogen) atoms. The van der Waals surface area contributed by atoms with Gasteiger partial charge in [0.25, 0.3) is 0 Å². The van der Waals surface area contributed by atoms with Crippen molar-refractivity contribution < 1.29 is 13.6 Å². The molecule has 0 aliphatic carbocycles. The lowest BCUT2D eigenvalue weighted by Gasteiger charge is -2.10. The fourth-order valence-corrected chi connectivity index (χ4v) is 2.90. The van der Waals surface area contributed by atoms with Gasteiger partial charge in [0.05, 0.1) is 17.1 Å². The number of hydrogen-bond acceptors (Lipinski definition) is 5. The van der Waals surface area contributed by atoms with Crippen molar-refractivity contribution in [1.82, 2.24) is 19.9 Å². The van der Waals surface area contributed by atoms with Gasteiger partial charge >= 0.3 is 0 Å². The molecular weight excluding hydrogens is 310 g/mol. The second-order valence-electron chi connectivity index (χ2n) is 4.53. The van der Waals surface area contributed by atoms with E-state index in [0.717, 1.165) is 30.0 Å². The number of rotatable bonds is 4. The molecule has 1 atom stereocenters. The van der Waals surface area contributed by atoms with Crippen molar-refractivity contribution in [3.05, 3.63) is 48.1 Å². The van der Waals surface area contributed by atoms with E-state index in [1.54, 1.807) is 6.92 Å². The maximum atomic E-state index is 13.7. The highest BCUT2D eigenvalue weighted by Crippen LogP contribution is 2.28. The molecule has 0 spiro atoms. The number of benzene rings is 1. The first-order valence-corrected chi connectivity index (χ1v) is 7.24. The van der Waals surface area contributed by atoms with Crippen molar-refractivity contribution in [3.63, 3.8) is 0 Å². The average Bonchev–Trinajstić information content (AvgIpc) is 2.98. The molecule has 8 heteroatoms. The summed E-state index contributed by atoms with van der Waals surface area (Å²) in [5, 5.41) is -0.113. The van der Waals surface area contributed by atoms with Gasteiger partial charge in [-0.25, -0.2) is 23.7 Å². The number of ketones is 1. The summed E-state index contributed by atoms with van der Waals surface area (Å²) in [7, 11) is 0. The van der Waals surface area contributed by atoms with Crippen LogP contribution in [0.1, 0.15) is 17.3 Å². The third-order valence-corrected chi connectivity index (χ3v) is 4.14. The first kappa shape index (κ1) is 14.6. The highest BCUT2D eigenvalue weighted by atomic mass is 32.2. The molecule has 2 heterocycles. The van der Waals surface area contributed by atoms with Crippen LogP contribution in [0.25, 0.3) is 11.2 Å². The quantitative estimate of drug-likeness (QED) is 0.454. The average molecular weight is 320 g/mol. The number of nitrogens with one attached hydrogen (secondary N) is 1. The number of hydrogen-bond donors (Lipinski definition) is 1. The minimum Gasteiger partial charge on any atom is -0.341 e. The largest absolute Gasteiger partial charge is 0.341 e. The number of carbonyl (C=O) groups excluding carboxylic acids is 1. The van der Waals surface area contributed by atoms with Crippen molar-refractivity contribution in [1.29, 1.82) is 0 Å². The second-order valence-corrected chi connectivity index (χ2v) is 5.86. The Kier molecular flexibility index (Phi) is 3.84. The molecule has 0 saturated carbocycles. The molecular formula is C14H10F2N4OS. The number of H-pyrrole nitrogens is 1. The lowest BCUT2D eigenvalue weighted by atomic mass is 10.1. The molecule has 112 valence electrons. The van der Waals surface area contributed by atoms with Crippen LogP contribution >= 0.6 is 11.8 Å². The number of thioether (sulfide) groups is 1. The summed E-state index contributed by atoms with van der Waals surface area (Å²) in [6, 6.07) is 2.82. The molecule has 3 rings (SSSR count). The number of carbonyl (C=O) groups is 1. The number of Topliss-reactive ketones (excluding diaryl/α,β-unsaturated/α-hetero) is 1. The summed E-state index contributed by atoms with van der Waals surface area (Å²) in [6.45, 7) is 1.61. The summed E-state index contributed by atoms with van der Waals surface area (Å²) in [6.07, 6.45) is 2.81. The molecule has 3 aromatic rings. The summed E-state index contributed by atoms with van der Waals surface area (Å²) in [5.74, 6) is -1.90. The van der Waals surface area contributed by atoms with Gasteiger partial charge in [-0.05, 0) is 25.1 Å². The minimum atomic E-state index is -0.742. The SMILES string of the molecule is C[C@@H](Sc1ncnc2nc[nH]c12)C(=O)c1cc(F)ccc1F. The van der Waals surface area contributed by atoms with Gasteiger partial charge in [0.2, 0.25) is 0 Å². The molecule has 0 radical (unpaired) electrons. The van der Waals surface area contributed by atoms with Gasteiger partial charge in [-0.3, -0.25) is 4.79 Å². The second kappa shape index (κ2) is 5.80. The molecule has 0 amide bonds. The zero-order valence-electron chi connectivity index (χ0n) is 11.4. The number of halogens is 2. The Balaban J connectivity index is 1.88. The van der Waals surface area contributed by atoms with Crippen molar-refractivity contribution in [2.24, 2.45) is 0 Å². The topological polar surface area (TPSA) is 71.5 Å². The third-order valence-electron chi connectivity index (χ3n) is 3.04. The van der Waals surface area contributed by atoms with Crippen LogP contribution in [0.3, 0.4) is 0 Å². The number of imidazole rings is 1. The van der Waals surface area contributed by atoms with E-state index in [1.807, 2.05) is 0 Å². The van der Waals surface area contributed by atoms with Gasteiger partial charge in [0.15, 0.2) is 11.4 Å². The fraction of sp³-hybridized carbons (Fsp3) is 0.143. The zero-order chi connectivity index (χ0) is 15.7. The summed E-state index contributed by atoms with van der Waals surface area (Å²) in [4.78, 5) is 27.3. The first-order chi connectivity index (χ1) is 10.6. The Morgan fingerprint density at radius 1 is 1.27 bits per heavy atom. The Morgan fingerprint density at radius 3 is 2.91 bits per heavy atom.